The first kappa shape index (κ1) is 12.9. The van der Waals surface area contributed by atoms with Gasteiger partial charge < -0.3 is 5.73 Å². The summed E-state index contributed by atoms with van der Waals surface area (Å²) < 4.78 is 39.4. The Hall–Kier alpha value is -2.15. The highest BCUT2D eigenvalue weighted by molar-refractivity contribution is 7.18. The van der Waals surface area contributed by atoms with Gasteiger partial charge >= 0.3 is 0 Å². The van der Waals surface area contributed by atoms with Gasteiger partial charge in [-0.2, -0.15) is 0 Å². The number of fused-ring (bicyclic) bond motifs is 1. The molecular weight excluding hydrogens is 287 g/mol. The van der Waals surface area contributed by atoms with Crippen molar-refractivity contribution >= 4 is 27.4 Å². The van der Waals surface area contributed by atoms with Crippen LogP contribution in [0.3, 0.4) is 0 Å². The van der Waals surface area contributed by atoms with E-state index in [9.17, 15) is 13.2 Å². The van der Waals surface area contributed by atoms with Gasteiger partial charge in [0.1, 0.15) is 10.6 Å². The number of halogens is 3. The summed E-state index contributed by atoms with van der Waals surface area (Å²) in [5, 5.41) is 0.694. The molecule has 0 aliphatic rings. The van der Waals surface area contributed by atoms with Gasteiger partial charge in [0.2, 0.25) is 0 Å². The van der Waals surface area contributed by atoms with Crippen LogP contribution in [0.25, 0.3) is 21.6 Å². The quantitative estimate of drug-likeness (QED) is 0.697. The number of nitrogens with zero attached hydrogens (tertiary/aromatic N) is 2. The number of hydrogen-bond donors (Lipinski definition) is 1. The zero-order chi connectivity index (χ0) is 14.4. The van der Waals surface area contributed by atoms with Crippen LogP contribution < -0.4 is 5.73 Å². The lowest BCUT2D eigenvalue weighted by Gasteiger charge is -2.04. The number of aryl methyl sites for hydroxylation is 1. The maximum Gasteiger partial charge on any atom is 0.194 e. The molecule has 0 saturated heterocycles. The number of thiophene rings is 1. The Morgan fingerprint density at radius 3 is 2.35 bits per heavy atom. The summed E-state index contributed by atoms with van der Waals surface area (Å²) in [4.78, 5) is 9.84. The van der Waals surface area contributed by atoms with Crippen molar-refractivity contribution in [3.63, 3.8) is 0 Å². The Kier molecular flexibility index (Phi) is 2.86. The van der Waals surface area contributed by atoms with E-state index in [2.05, 4.69) is 9.97 Å². The molecule has 102 valence electrons. The zero-order valence-electron chi connectivity index (χ0n) is 10.2. The average molecular weight is 295 g/mol. The first-order chi connectivity index (χ1) is 9.45. The second-order valence-corrected chi connectivity index (χ2v) is 5.50. The van der Waals surface area contributed by atoms with Gasteiger partial charge in [-0.15, -0.1) is 11.3 Å². The van der Waals surface area contributed by atoms with E-state index in [0.29, 0.717) is 10.2 Å². The SMILES string of the molecule is Cc1cc2c(N)nc(-c3cc(F)c(F)c(F)c3)nc2s1. The predicted octanol–water partition coefficient (Wildman–Crippen LogP) is 3.67. The topological polar surface area (TPSA) is 51.8 Å². The third-order valence-corrected chi connectivity index (χ3v) is 3.73. The van der Waals surface area contributed by atoms with E-state index < -0.39 is 17.5 Å². The standard InChI is InChI=1S/C13H8F3N3S/c1-5-2-7-11(17)18-12(19-13(7)20-5)6-3-8(14)10(16)9(15)4-6/h2-4H,1H3,(H2,17,18,19). The average Bonchev–Trinajstić information content (AvgIpc) is 2.76. The molecule has 3 nitrogen and oxygen atoms in total. The summed E-state index contributed by atoms with van der Waals surface area (Å²) in [6, 6.07) is 3.53. The lowest BCUT2D eigenvalue weighted by Crippen LogP contribution is -1.98. The zero-order valence-corrected chi connectivity index (χ0v) is 11.1. The molecule has 3 rings (SSSR count). The Balaban J connectivity index is 2.24. The largest absolute Gasteiger partial charge is 0.383 e. The minimum Gasteiger partial charge on any atom is -0.383 e. The molecule has 0 saturated carbocycles. The summed E-state index contributed by atoms with van der Waals surface area (Å²) in [5.74, 6) is -3.81. The third kappa shape index (κ3) is 2.00. The van der Waals surface area contributed by atoms with Gasteiger partial charge in [-0.25, -0.2) is 23.1 Å². The van der Waals surface area contributed by atoms with Gasteiger partial charge in [-0.05, 0) is 25.1 Å². The molecule has 0 radical (unpaired) electrons. The van der Waals surface area contributed by atoms with Gasteiger partial charge in [-0.1, -0.05) is 0 Å². The van der Waals surface area contributed by atoms with Crippen LogP contribution in [0.2, 0.25) is 0 Å². The molecule has 1 aromatic carbocycles. The Labute approximate surface area is 115 Å². The Morgan fingerprint density at radius 1 is 1.05 bits per heavy atom. The predicted molar refractivity (Wildman–Crippen MR) is 71.9 cm³/mol. The molecule has 0 aliphatic carbocycles. The van der Waals surface area contributed by atoms with Crippen LogP contribution in [-0.4, -0.2) is 9.97 Å². The number of rotatable bonds is 1. The molecule has 2 N–H and O–H groups in total. The molecule has 7 heteroatoms. The molecule has 0 unspecified atom stereocenters. The van der Waals surface area contributed by atoms with Gasteiger partial charge in [0.15, 0.2) is 23.3 Å². The van der Waals surface area contributed by atoms with Crippen LogP contribution >= 0.6 is 11.3 Å². The molecule has 0 spiro atoms. The fourth-order valence-corrected chi connectivity index (χ4v) is 2.77. The number of nitrogens with two attached hydrogens (primary N) is 1. The van der Waals surface area contributed by atoms with Gasteiger partial charge in [-0.3, -0.25) is 0 Å². The van der Waals surface area contributed by atoms with Crippen LogP contribution in [-0.2, 0) is 0 Å². The summed E-state index contributed by atoms with van der Waals surface area (Å²) >= 11 is 1.39. The van der Waals surface area contributed by atoms with Crippen molar-refractivity contribution in [2.24, 2.45) is 0 Å². The van der Waals surface area contributed by atoms with E-state index in [1.54, 1.807) is 0 Å². The van der Waals surface area contributed by atoms with E-state index in [-0.39, 0.29) is 17.2 Å². The molecule has 2 heterocycles. The van der Waals surface area contributed by atoms with Gasteiger partial charge in [0.25, 0.3) is 0 Å². The monoisotopic (exact) mass is 295 g/mol. The van der Waals surface area contributed by atoms with Gasteiger partial charge in [0, 0.05) is 10.4 Å². The number of nitrogen functional groups attached to an aromatic ring is 1. The van der Waals surface area contributed by atoms with Crippen molar-refractivity contribution in [1.82, 2.24) is 9.97 Å². The summed E-state index contributed by atoms with van der Waals surface area (Å²) in [7, 11) is 0. The number of hydrogen-bond acceptors (Lipinski definition) is 4. The first-order valence-corrected chi connectivity index (χ1v) is 6.46. The van der Waals surface area contributed by atoms with E-state index in [1.807, 2.05) is 13.0 Å². The van der Waals surface area contributed by atoms with Crippen LogP contribution in [0.1, 0.15) is 4.88 Å². The minimum absolute atomic E-state index is 0.0426. The number of anilines is 1. The summed E-state index contributed by atoms with van der Waals surface area (Å²) in [6.07, 6.45) is 0. The maximum atomic E-state index is 13.2. The minimum atomic E-state index is -1.52. The fraction of sp³-hybridized carbons (Fsp3) is 0.0769. The number of aromatic nitrogens is 2. The smallest absolute Gasteiger partial charge is 0.194 e. The first-order valence-electron chi connectivity index (χ1n) is 5.64. The lowest BCUT2D eigenvalue weighted by atomic mass is 10.2. The van der Waals surface area contributed by atoms with E-state index in [4.69, 9.17) is 5.73 Å². The third-order valence-electron chi connectivity index (χ3n) is 2.79. The normalized spacial score (nSPS) is 11.2. The Morgan fingerprint density at radius 2 is 1.70 bits per heavy atom. The maximum absolute atomic E-state index is 13.2. The molecule has 0 atom stereocenters. The van der Waals surface area contributed by atoms with Crippen LogP contribution in [0.5, 0.6) is 0 Å². The van der Waals surface area contributed by atoms with E-state index in [1.165, 1.54) is 11.3 Å². The molecule has 0 fully saturated rings. The van der Waals surface area contributed by atoms with E-state index in [0.717, 1.165) is 17.0 Å². The molecule has 2 aromatic heterocycles. The molecule has 0 aliphatic heterocycles. The molecule has 0 amide bonds. The fourth-order valence-electron chi connectivity index (χ4n) is 1.88. The van der Waals surface area contributed by atoms with Crippen molar-refractivity contribution in [2.75, 3.05) is 5.73 Å². The van der Waals surface area contributed by atoms with Crippen LogP contribution in [0, 0.1) is 24.4 Å². The summed E-state index contributed by atoms with van der Waals surface area (Å²) in [6.45, 7) is 1.89. The van der Waals surface area contributed by atoms with Crippen molar-refractivity contribution in [3.05, 3.63) is 40.5 Å². The highest BCUT2D eigenvalue weighted by Crippen LogP contribution is 2.30. The second-order valence-electron chi connectivity index (χ2n) is 4.26. The van der Waals surface area contributed by atoms with Crippen molar-refractivity contribution in [1.29, 1.82) is 0 Å². The van der Waals surface area contributed by atoms with Crippen LogP contribution in [0.15, 0.2) is 18.2 Å². The highest BCUT2D eigenvalue weighted by atomic mass is 32.1. The highest BCUT2D eigenvalue weighted by Gasteiger charge is 2.15. The molecular formula is C13H8F3N3S. The number of benzene rings is 1. The lowest BCUT2D eigenvalue weighted by molar-refractivity contribution is 0.447. The second kappa shape index (κ2) is 4.45. The molecule has 20 heavy (non-hydrogen) atoms. The van der Waals surface area contributed by atoms with Crippen molar-refractivity contribution in [2.45, 2.75) is 6.92 Å². The summed E-state index contributed by atoms with van der Waals surface area (Å²) in [5.41, 5.74) is 5.85. The Bertz CT molecular complexity index is 806. The van der Waals surface area contributed by atoms with E-state index >= 15 is 0 Å². The molecule has 3 aromatic rings. The molecule has 0 bridgehead atoms. The van der Waals surface area contributed by atoms with Crippen LogP contribution in [0.4, 0.5) is 19.0 Å². The van der Waals surface area contributed by atoms with Crippen molar-refractivity contribution < 1.29 is 13.2 Å². The van der Waals surface area contributed by atoms with Crippen molar-refractivity contribution in [3.8, 4) is 11.4 Å². The van der Waals surface area contributed by atoms with Gasteiger partial charge in [0.05, 0.1) is 5.39 Å².